The van der Waals surface area contributed by atoms with Crippen LogP contribution in [0.1, 0.15) is 12.2 Å². The molecule has 22 heavy (non-hydrogen) atoms. The first-order chi connectivity index (χ1) is 10.6. The van der Waals surface area contributed by atoms with E-state index in [9.17, 15) is 4.79 Å². The number of hydrogen-bond acceptors (Lipinski definition) is 6. The van der Waals surface area contributed by atoms with Gasteiger partial charge < -0.3 is 24.6 Å². The molecular weight excluding hydrogens is 286 g/mol. The van der Waals surface area contributed by atoms with Gasteiger partial charge in [-0.1, -0.05) is 5.16 Å². The Hall–Kier alpha value is -2.70. The molecule has 0 unspecified atom stereocenters. The molecule has 1 heterocycles. The number of methoxy groups -OCH3 is 2. The molecule has 0 aliphatic rings. The maximum absolute atomic E-state index is 12.0. The maximum Gasteiger partial charge on any atom is 0.226 e. The minimum atomic E-state index is -0.140. The molecule has 0 aliphatic carbocycles. The van der Waals surface area contributed by atoms with Gasteiger partial charge in [0.25, 0.3) is 0 Å². The molecule has 1 aromatic heterocycles. The van der Waals surface area contributed by atoms with Gasteiger partial charge in [-0.2, -0.15) is 0 Å². The Morgan fingerprint density at radius 3 is 2.73 bits per heavy atom. The number of amides is 1. The summed E-state index contributed by atoms with van der Waals surface area (Å²) in [4.78, 5) is 12.0. The van der Waals surface area contributed by atoms with Gasteiger partial charge in [0, 0.05) is 25.1 Å². The van der Waals surface area contributed by atoms with Crippen molar-refractivity contribution >= 4 is 17.4 Å². The van der Waals surface area contributed by atoms with Crippen molar-refractivity contribution in [1.82, 2.24) is 5.16 Å². The second kappa shape index (κ2) is 7.35. The summed E-state index contributed by atoms with van der Waals surface area (Å²) in [6.45, 7) is 2.25. The highest BCUT2D eigenvalue weighted by Crippen LogP contribution is 2.28. The van der Waals surface area contributed by atoms with Crippen LogP contribution in [0.2, 0.25) is 0 Å². The lowest BCUT2D eigenvalue weighted by Crippen LogP contribution is -2.16. The summed E-state index contributed by atoms with van der Waals surface area (Å²) in [5.74, 6) is 2.41. The fourth-order valence-electron chi connectivity index (χ4n) is 1.88. The first-order valence-corrected chi connectivity index (χ1v) is 6.81. The molecule has 0 bridgehead atoms. The van der Waals surface area contributed by atoms with Crippen molar-refractivity contribution in [2.45, 2.75) is 13.3 Å². The predicted molar refractivity (Wildman–Crippen MR) is 82.5 cm³/mol. The number of ether oxygens (including phenoxy) is 2. The zero-order chi connectivity index (χ0) is 15.9. The number of hydrogen-bond donors (Lipinski definition) is 2. The molecule has 2 N–H and O–H groups in total. The molecule has 118 valence electrons. The molecule has 0 aliphatic heterocycles. The van der Waals surface area contributed by atoms with Crippen LogP contribution in [0.25, 0.3) is 0 Å². The Morgan fingerprint density at radius 1 is 1.27 bits per heavy atom. The Morgan fingerprint density at radius 2 is 2.09 bits per heavy atom. The summed E-state index contributed by atoms with van der Waals surface area (Å²) in [5, 5.41) is 9.60. The standard InChI is InChI=1S/C15H19N3O4/c1-10-8-14(18-22-10)16-7-6-15(19)17-12-9-11(20-2)4-5-13(12)21-3/h4-5,8-9H,6-7H2,1-3H3,(H,16,18)(H,17,19). The summed E-state index contributed by atoms with van der Waals surface area (Å²) >= 11 is 0. The normalized spacial score (nSPS) is 10.1. The number of benzene rings is 1. The lowest BCUT2D eigenvalue weighted by molar-refractivity contribution is -0.116. The van der Waals surface area contributed by atoms with Crippen LogP contribution in [0.4, 0.5) is 11.5 Å². The van der Waals surface area contributed by atoms with Crippen LogP contribution >= 0.6 is 0 Å². The van der Waals surface area contributed by atoms with E-state index in [1.54, 1.807) is 45.4 Å². The van der Waals surface area contributed by atoms with Gasteiger partial charge in [-0.05, 0) is 19.1 Å². The van der Waals surface area contributed by atoms with Gasteiger partial charge in [-0.15, -0.1) is 0 Å². The summed E-state index contributed by atoms with van der Waals surface area (Å²) < 4.78 is 15.3. The molecule has 0 saturated carbocycles. The van der Waals surface area contributed by atoms with Gasteiger partial charge >= 0.3 is 0 Å². The highest BCUT2D eigenvalue weighted by Gasteiger charge is 2.09. The van der Waals surface area contributed by atoms with Crippen molar-refractivity contribution in [3.63, 3.8) is 0 Å². The van der Waals surface area contributed by atoms with Crippen molar-refractivity contribution in [2.24, 2.45) is 0 Å². The van der Waals surface area contributed by atoms with E-state index in [2.05, 4.69) is 15.8 Å². The van der Waals surface area contributed by atoms with Gasteiger partial charge in [0.1, 0.15) is 17.3 Å². The van der Waals surface area contributed by atoms with Gasteiger partial charge in [-0.25, -0.2) is 0 Å². The highest BCUT2D eigenvalue weighted by atomic mass is 16.5. The molecule has 0 radical (unpaired) electrons. The fourth-order valence-corrected chi connectivity index (χ4v) is 1.88. The van der Waals surface area contributed by atoms with Crippen molar-refractivity contribution in [3.8, 4) is 11.5 Å². The molecule has 0 fully saturated rings. The van der Waals surface area contributed by atoms with E-state index in [1.807, 2.05) is 0 Å². The van der Waals surface area contributed by atoms with E-state index in [1.165, 1.54) is 0 Å². The topological polar surface area (TPSA) is 85.6 Å². The molecule has 7 nitrogen and oxygen atoms in total. The van der Waals surface area contributed by atoms with Crippen molar-refractivity contribution in [2.75, 3.05) is 31.4 Å². The Labute approximate surface area is 128 Å². The minimum Gasteiger partial charge on any atom is -0.497 e. The second-order valence-corrected chi connectivity index (χ2v) is 4.61. The molecule has 2 aromatic rings. The lowest BCUT2D eigenvalue weighted by Gasteiger charge is -2.11. The first-order valence-electron chi connectivity index (χ1n) is 6.81. The Kier molecular flexibility index (Phi) is 5.24. The number of carbonyl (C=O) groups excluding carboxylic acids is 1. The average Bonchev–Trinajstić information content (AvgIpc) is 2.92. The first kappa shape index (κ1) is 15.7. The van der Waals surface area contributed by atoms with E-state index in [0.29, 0.717) is 35.3 Å². The van der Waals surface area contributed by atoms with Crippen LogP contribution in [0, 0.1) is 6.92 Å². The predicted octanol–water partition coefficient (Wildman–Crippen LogP) is 2.44. The molecule has 1 amide bonds. The van der Waals surface area contributed by atoms with E-state index in [4.69, 9.17) is 14.0 Å². The van der Waals surface area contributed by atoms with E-state index >= 15 is 0 Å². The van der Waals surface area contributed by atoms with Crippen molar-refractivity contribution in [3.05, 3.63) is 30.0 Å². The number of nitrogens with zero attached hydrogens (tertiary/aromatic N) is 1. The van der Waals surface area contributed by atoms with Gasteiger partial charge in [0.2, 0.25) is 5.91 Å². The van der Waals surface area contributed by atoms with Gasteiger partial charge in [0.15, 0.2) is 5.82 Å². The smallest absolute Gasteiger partial charge is 0.226 e. The largest absolute Gasteiger partial charge is 0.497 e. The van der Waals surface area contributed by atoms with Crippen molar-refractivity contribution in [1.29, 1.82) is 0 Å². The number of rotatable bonds is 7. The third-order valence-corrected chi connectivity index (χ3v) is 2.97. The third-order valence-electron chi connectivity index (χ3n) is 2.97. The van der Waals surface area contributed by atoms with Gasteiger partial charge in [-0.3, -0.25) is 4.79 Å². The quantitative estimate of drug-likeness (QED) is 0.817. The molecular formula is C15H19N3O4. The SMILES string of the molecule is COc1ccc(OC)c(NC(=O)CCNc2cc(C)on2)c1. The number of nitrogens with one attached hydrogen (secondary N) is 2. The zero-order valence-electron chi connectivity index (χ0n) is 12.8. The molecule has 2 rings (SSSR count). The summed E-state index contributed by atoms with van der Waals surface area (Å²) in [6, 6.07) is 6.99. The summed E-state index contributed by atoms with van der Waals surface area (Å²) in [6.07, 6.45) is 0.284. The van der Waals surface area contributed by atoms with Crippen LogP contribution in [-0.4, -0.2) is 31.8 Å². The zero-order valence-corrected chi connectivity index (χ0v) is 12.8. The third kappa shape index (κ3) is 4.15. The molecule has 0 spiro atoms. The molecule has 0 saturated heterocycles. The number of carbonyl (C=O) groups is 1. The van der Waals surface area contributed by atoms with E-state index in [-0.39, 0.29) is 12.3 Å². The fraction of sp³-hybridized carbons (Fsp3) is 0.333. The molecule has 0 atom stereocenters. The van der Waals surface area contributed by atoms with E-state index in [0.717, 1.165) is 0 Å². The van der Waals surface area contributed by atoms with E-state index < -0.39 is 0 Å². The van der Waals surface area contributed by atoms with Gasteiger partial charge in [0.05, 0.1) is 19.9 Å². The number of aryl methyl sites for hydroxylation is 1. The Bertz CT molecular complexity index is 639. The van der Waals surface area contributed by atoms with Crippen molar-refractivity contribution < 1.29 is 18.8 Å². The van der Waals surface area contributed by atoms with Crippen LogP contribution in [-0.2, 0) is 4.79 Å². The highest BCUT2D eigenvalue weighted by molar-refractivity contribution is 5.92. The van der Waals surface area contributed by atoms with Crippen LogP contribution in [0.15, 0.2) is 28.8 Å². The summed E-state index contributed by atoms with van der Waals surface area (Å²) in [5.41, 5.74) is 0.573. The molecule has 7 heteroatoms. The number of aromatic nitrogens is 1. The van der Waals surface area contributed by atoms with Crippen LogP contribution in [0.5, 0.6) is 11.5 Å². The number of anilines is 2. The van der Waals surface area contributed by atoms with Crippen LogP contribution in [0.3, 0.4) is 0 Å². The molecule has 1 aromatic carbocycles. The Balaban J connectivity index is 1.88. The average molecular weight is 305 g/mol. The lowest BCUT2D eigenvalue weighted by atomic mass is 10.2. The van der Waals surface area contributed by atoms with Crippen LogP contribution < -0.4 is 20.1 Å². The monoisotopic (exact) mass is 305 g/mol. The summed E-state index contributed by atoms with van der Waals surface area (Å²) in [7, 11) is 3.11. The maximum atomic E-state index is 12.0. The second-order valence-electron chi connectivity index (χ2n) is 4.61. The minimum absolute atomic E-state index is 0.140.